The molecule has 1 aromatic carbocycles. The van der Waals surface area contributed by atoms with Gasteiger partial charge in [0.2, 0.25) is 5.95 Å². The van der Waals surface area contributed by atoms with Crippen LogP contribution in [0.25, 0.3) is 16.5 Å². The van der Waals surface area contributed by atoms with E-state index >= 15 is 0 Å². The lowest BCUT2D eigenvalue weighted by Crippen LogP contribution is -2.24. The average Bonchev–Trinajstić information content (AvgIpc) is 2.85. The van der Waals surface area contributed by atoms with Gasteiger partial charge in [0.25, 0.3) is 5.56 Å². The van der Waals surface area contributed by atoms with Gasteiger partial charge >= 0.3 is 0 Å². The van der Waals surface area contributed by atoms with Crippen LogP contribution in [0.5, 0.6) is 0 Å². The molecule has 0 aliphatic heterocycles. The zero-order valence-corrected chi connectivity index (χ0v) is 12.9. The van der Waals surface area contributed by atoms with Gasteiger partial charge in [-0.3, -0.25) is 4.79 Å². The van der Waals surface area contributed by atoms with Crippen molar-refractivity contribution in [1.82, 2.24) is 8.94 Å². The summed E-state index contributed by atoms with van der Waals surface area (Å²) in [6.45, 7) is 5.64. The summed E-state index contributed by atoms with van der Waals surface area (Å²) in [7, 11) is 0. The maximum absolute atomic E-state index is 15.0. The Morgan fingerprint density at radius 1 is 1.24 bits per heavy atom. The number of benzene rings is 1. The van der Waals surface area contributed by atoms with Crippen molar-refractivity contribution in [2.75, 3.05) is 0 Å². The van der Waals surface area contributed by atoms with Crippen LogP contribution in [0.15, 0.2) is 34.4 Å². The summed E-state index contributed by atoms with van der Waals surface area (Å²) in [6, 6.07) is 7.18. The van der Waals surface area contributed by atoms with Gasteiger partial charge in [-0.2, -0.15) is 8.76 Å². The average molecular weight is 302 g/mol. The molecule has 0 fully saturated rings. The van der Waals surface area contributed by atoms with Gasteiger partial charge in [0.05, 0.1) is 11.4 Å². The molecular weight excluding hydrogens is 287 g/mol. The molecule has 0 saturated heterocycles. The molecule has 0 radical (unpaired) electrons. The first-order chi connectivity index (χ1) is 10.0. The summed E-state index contributed by atoms with van der Waals surface area (Å²) >= 11 is 1.22. The molecule has 0 atom stereocenters. The van der Waals surface area contributed by atoms with Crippen molar-refractivity contribution in [3.8, 4) is 5.69 Å². The Bertz CT molecular complexity index is 880. The van der Waals surface area contributed by atoms with Gasteiger partial charge in [0.15, 0.2) is 0 Å². The highest BCUT2D eigenvalue weighted by molar-refractivity contribution is 7.04. The van der Waals surface area contributed by atoms with E-state index in [-0.39, 0.29) is 11.5 Å². The Morgan fingerprint density at radius 3 is 2.48 bits per heavy atom. The largest absolute Gasteiger partial charge is 0.268 e. The lowest BCUT2D eigenvalue weighted by molar-refractivity contribution is 0.524. The first-order valence-electron chi connectivity index (χ1n) is 6.77. The first-order valence-corrected chi connectivity index (χ1v) is 7.60. The number of fused-ring (bicyclic) bond motifs is 1. The molecule has 21 heavy (non-hydrogen) atoms. The van der Waals surface area contributed by atoms with Gasteiger partial charge in [-0.1, -0.05) is 32.0 Å². The van der Waals surface area contributed by atoms with Crippen molar-refractivity contribution in [1.29, 1.82) is 0 Å². The number of aryl methyl sites for hydroxylation is 1. The van der Waals surface area contributed by atoms with Crippen molar-refractivity contribution < 1.29 is 4.39 Å². The third-order valence-electron chi connectivity index (χ3n) is 3.61. The third kappa shape index (κ3) is 2.08. The highest BCUT2D eigenvalue weighted by Gasteiger charge is 2.21. The molecule has 0 spiro atoms. The van der Waals surface area contributed by atoms with Crippen LogP contribution in [0, 0.1) is 12.9 Å². The van der Waals surface area contributed by atoms with Gasteiger partial charge in [0, 0.05) is 16.3 Å². The van der Waals surface area contributed by atoms with Crippen molar-refractivity contribution in [2.24, 2.45) is 0 Å². The normalized spacial score (nSPS) is 11.5. The van der Waals surface area contributed by atoms with E-state index in [1.165, 1.54) is 11.5 Å². The molecule has 0 bridgehead atoms. The zero-order valence-electron chi connectivity index (χ0n) is 12.1. The molecule has 2 aromatic heterocycles. The van der Waals surface area contributed by atoms with Gasteiger partial charge in [0.1, 0.15) is 0 Å². The maximum Gasteiger partial charge on any atom is 0.265 e. The Kier molecular flexibility index (Phi) is 3.37. The van der Waals surface area contributed by atoms with Gasteiger partial charge in [-0.05, 0) is 35.8 Å². The molecule has 0 N–H and O–H groups in total. The number of hydrogen-bond donors (Lipinski definition) is 0. The summed E-state index contributed by atoms with van der Waals surface area (Å²) in [5, 5.41) is 2.93. The molecule has 108 valence electrons. The second kappa shape index (κ2) is 5.07. The molecule has 3 rings (SSSR count). The SMILES string of the molecule is Cc1nscc1-n1c(F)c(C(C)C)c2ccccc2c1=O. The van der Waals surface area contributed by atoms with Crippen LogP contribution >= 0.6 is 11.5 Å². The number of nitrogens with zero attached hydrogens (tertiary/aromatic N) is 2. The lowest BCUT2D eigenvalue weighted by atomic mass is 9.98. The standard InChI is InChI=1S/C16H15FN2OS/c1-9(2)14-11-6-4-5-7-12(11)16(20)19(15(14)17)13-8-21-18-10(13)3/h4-9H,1-3H3. The van der Waals surface area contributed by atoms with Gasteiger partial charge < -0.3 is 0 Å². The van der Waals surface area contributed by atoms with Crippen LogP contribution in [0.2, 0.25) is 0 Å². The Labute approximate surface area is 125 Å². The summed E-state index contributed by atoms with van der Waals surface area (Å²) in [4.78, 5) is 12.7. The van der Waals surface area contributed by atoms with Crippen molar-refractivity contribution in [3.63, 3.8) is 0 Å². The fourth-order valence-corrected chi connectivity index (χ4v) is 3.29. The van der Waals surface area contributed by atoms with Crippen LogP contribution in [0.1, 0.15) is 31.0 Å². The van der Waals surface area contributed by atoms with Crippen LogP contribution in [-0.2, 0) is 0 Å². The summed E-state index contributed by atoms with van der Waals surface area (Å²) in [6.07, 6.45) is 0. The summed E-state index contributed by atoms with van der Waals surface area (Å²) < 4.78 is 20.3. The summed E-state index contributed by atoms with van der Waals surface area (Å²) in [5.41, 5.74) is 1.41. The molecule has 2 heterocycles. The highest BCUT2D eigenvalue weighted by Crippen LogP contribution is 2.28. The number of aromatic nitrogens is 2. The molecule has 0 unspecified atom stereocenters. The Balaban J connectivity index is 2.52. The van der Waals surface area contributed by atoms with Crippen molar-refractivity contribution >= 4 is 22.3 Å². The topological polar surface area (TPSA) is 34.9 Å². The van der Waals surface area contributed by atoms with E-state index in [1.54, 1.807) is 30.5 Å². The quantitative estimate of drug-likeness (QED) is 0.670. The van der Waals surface area contributed by atoms with Crippen LogP contribution in [0.4, 0.5) is 4.39 Å². The minimum Gasteiger partial charge on any atom is -0.268 e. The van der Waals surface area contributed by atoms with Crippen molar-refractivity contribution in [3.05, 3.63) is 57.2 Å². The second-order valence-electron chi connectivity index (χ2n) is 5.33. The second-order valence-corrected chi connectivity index (χ2v) is 5.96. The summed E-state index contributed by atoms with van der Waals surface area (Å²) in [5.74, 6) is -0.509. The van der Waals surface area contributed by atoms with E-state index in [0.717, 1.165) is 4.57 Å². The number of rotatable bonds is 2. The third-order valence-corrected chi connectivity index (χ3v) is 4.32. The van der Waals surface area contributed by atoms with Crippen molar-refractivity contribution in [2.45, 2.75) is 26.7 Å². The number of pyridine rings is 1. The van der Waals surface area contributed by atoms with E-state index in [0.29, 0.717) is 27.7 Å². The van der Waals surface area contributed by atoms with Crippen LogP contribution in [0.3, 0.4) is 0 Å². The molecule has 3 nitrogen and oxygen atoms in total. The zero-order chi connectivity index (χ0) is 15.1. The minimum absolute atomic E-state index is 0.0198. The minimum atomic E-state index is -0.489. The van der Waals surface area contributed by atoms with Gasteiger partial charge in [-0.15, -0.1) is 0 Å². The first kappa shape index (κ1) is 13.9. The molecule has 0 amide bonds. The Hall–Kier alpha value is -2.01. The fourth-order valence-electron chi connectivity index (χ4n) is 2.61. The molecular formula is C16H15FN2OS. The lowest BCUT2D eigenvalue weighted by Gasteiger charge is -2.16. The van der Waals surface area contributed by atoms with E-state index in [2.05, 4.69) is 4.37 Å². The molecule has 3 aromatic rings. The molecule has 0 saturated carbocycles. The molecule has 0 aliphatic rings. The van der Waals surface area contributed by atoms with E-state index in [1.807, 2.05) is 19.9 Å². The molecule has 0 aliphatic carbocycles. The number of halogens is 1. The predicted octanol–water partition coefficient (Wildman–Crippen LogP) is 4.02. The van der Waals surface area contributed by atoms with Crippen LogP contribution in [-0.4, -0.2) is 8.94 Å². The highest BCUT2D eigenvalue weighted by atomic mass is 32.1. The van der Waals surface area contributed by atoms with Crippen LogP contribution < -0.4 is 5.56 Å². The van der Waals surface area contributed by atoms with E-state index in [9.17, 15) is 9.18 Å². The van der Waals surface area contributed by atoms with Gasteiger partial charge in [-0.25, -0.2) is 4.57 Å². The fraction of sp³-hybridized carbons (Fsp3) is 0.250. The predicted molar refractivity (Wildman–Crippen MR) is 84.0 cm³/mol. The maximum atomic E-state index is 15.0. The number of hydrogen-bond acceptors (Lipinski definition) is 3. The smallest absolute Gasteiger partial charge is 0.265 e. The monoisotopic (exact) mass is 302 g/mol. The van der Waals surface area contributed by atoms with E-state index < -0.39 is 5.95 Å². The Morgan fingerprint density at radius 2 is 1.90 bits per heavy atom. The van der Waals surface area contributed by atoms with E-state index in [4.69, 9.17) is 0 Å². The molecule has 5 heteroatoms.